The molecule has 0 spiro atoms. The first-order valence-electron chi connectivity index (χ1n) is 16.1. The number of unbranched alkanes of at least 4 members (excludes halogenated alkanes) is 8. The molecule has 0 saturated heterocycles. The van der Waals surface area contributed by atoms with Crippen molar-refractivity contribution in [3.05, 3.63) is 83.1 Å². The lowest BCUT2D eigenvalue weighted by Crippen LogP contribution is -2.19. The zero-order chi connectivity index (χ0) is 30.3. The zero-order valence-electron chi connectivity index (χ0n) is 27.1. The summed E-state index contributed by atoms with van der Waals surface area (Å²) >= 11 is 0. The van der Waals surface area contributed by atoms with E-state index in [1.807, 2.05) is 25.2 Å². The number of allylic oxidation sites excluding steroid dienone is 13. The number of esters is 2. The van der Waals surface area contributed by atoms with E-state index in [0.29, 0.717) is 6.42 Å². The molecule has 0 aliphatic heterocycles. The van der Waals surface area contributed by atoms with Gasteiger partial charge < -0.3 is 4.74 Å². The van der Waals surface area contributed by atoms with E-state index in [4.69, 9.17) is 4.74 Å². The molecule has 0 atom stereocenters. The molecule has 0 unspecified atom stereocenters. The largest absolute Gasteiger partial charge is 0.390 e. The molecule has 0 amide bonds. The lowest BCUT2D eigenvalue weighted by Gasteiger charge is -2.32. The van der Waals surface area contributed by atoms with Gasteiger partial charge in [-0.3, -0.25) is 4.79 Å². The summed E-state index contributed by atoms with van der Waals surface area (Å²) in [6.45, 7) is 13.0. The third-order valence-electron chi connectivity index (χ3n) is 7.67. The van der Waals surface area contributed by atoms with Gasteiger partial charge in [0.15, 0.2) is 0 Å². The molecule has 3 nitrogen and oxygen atoms in total. The maximum atomic E-state index is 12.1. The highest BCUT2D eigenvalue weighted by molar-refractivity contribution is 5.92. The Kier molecular flexibility index (Phi) is 19.5. The highest BCUT2D eigenvalue weighted by Crippen LogP contribution is 2.40. The maximum absolute atomic E-state index is 12.1. The van der Waals surface area contributed by atoms with Crippen molar-refractivity contribution in [2.45, 2.75) is 138 Å². The fraction of sp³-hybridized carbons (Fsp3) is 0.579. The van der Waals surface area contributed by atoms with E-state index in [9.17, 15) is 9.59 Å². The van der Waals surface area contributed by atoms with E-state index in [0.717, 1.165) is 43.3 Å². The number of hydrogen-bond acceptors (Lipinski definition) is 3. The zero-order valence-corrected chi connectivity index (χ0v) is 27.1. The molecule has 41 heavy (non-hydrogen) atoms. The minimum absolute atomic E-state index is 0.231. The second kappa shape index (κ2) is 22.0. The summed E-state index contributed by atoms with van der Waals surface area (Å²) in [5, 5.41) is 0. The third-order valence-corrected chi connectivity index (χ3v) is 7.67. The summed E-state index contributed by atoms with van der Waals surface area (Å²) in [7, 11) is 0. The number of ether oxygens (including phenoxy) is 1. The van der Waals surface area contributed by atoms with Crippen molar-refractivity contribution in [1.82, 2.24) is 0 Å². The Hall–Kier alpha value is -2.68. The maximum Gasteiger partial charge on any atom is 0.338 e. The normalized spacial score (nSPS) is 16.6. The molecule has 0 bridgehead atoms. The van der Waals surface area contributed by atoms with Gasteiger partial charge in [-0.25, -0.2) is 4.79 Å². The molecule has 0 heterocycles. The number of carbonyl (C=O) groups is 2. The van der Waals surface area contributed by atoms with Crippen molar-refractivity contribution in [3.8, 4) is 0 Å². The minimum atomic E-state index is -0.595. The van der Waals surface area contributed by atoms with Gasteiger partial charge in [0.05, 0.1) is 0 Å². The second-order valence-electron chi connectivity index (χ2n) is 12.2. The molecule has 3 heteroatoms. The van der Waals surface area contributed by atoms with Crippen LogP contribution in [-0.4, -0.2) is 11.9 Å². The molecule has 228 valence electrons. The summed E-state index contributed by atoms with van der Waals surface area (Å²) in [4.78, 5) is 24.1. The van der Waals surface area contributed by atoms with E-state index in [2.05, 4.69) is 71.1 Å². The van der Waals surface area contributed by atoms with Gasteiger partial charge in [0.1, 0.15) is 0 Å². The number of hydrogen-bond donors (Lipinski definition) is 0. The Bertz CT molecular complexity index is 995. The van der Waals surface area contributed by atoms with Crippen LogP contribution in [0.3, 0.4) is 0 Å². The van der Waals surface area contributed by atoms with Crippen molar-refractivity contribution in [2.75, 3.05) is 0 Å². The van der Waals surface area contributed by atoms with Crippen LogP contribution in [0.25, 0.3) is 0 Å². The first-order chi connectivity index (χ1) is 19.7. The monoisotopic (exact) mass is 562 g/mol. The fourth-order valence-electron chi connectivity index (χ4n) is 5.14. The summed E-state index contributed by atoms with van der Waals surface area (Å²) < 4.78 is 4.97. The lowest BCUT2D eigenvalue weighted by molar-refractivity contribution is -0.156. The van der Waals surface area contributed by atoms with Crippen LogP contribution in [-0.2, 0) is 14.3 Å². The average molecular weight is 563 g/mol. The van der Waals surface area contributed by atoms with Crippen molar-refractivity contribution in [3.63, 3.8) is 0 Å². The van der Waals surface area contributed by atoms with Crippen molar-refractivity contribution >= 4 is 11.9 Å². The van der Waals surface area contributed by atoms with Gasteiger partial charge in [-0.1, -0.05) is 119 Å². The predicted molar refractivity (Wildman–Crippen MR) is 177 cm³/mol. The van der Waals surface area contributed by atoms with Crippen LogP contribution >= 0.6 is 0 Å². The van der Waals surface area contributed by atoms with Crippen LogP contribution in [0, 0.1) is 5.41 Å². The third kappa shape index (κ3) is 18.4. The van der Waals surface area contributed by atoms with Crippen LogP contribution in [0.4, 0.5) is 0 Å². The highest BCUT2D eigenvalue weighted by Gasteiger charge is 2.26. The SMILES string of the molecule is CCCCCC=CCC=CCCCCCCCC(=O)OC(=O)C=C(C)C=CC=C(C)C=CC1=C(C)CCCC1(C)C. The van der Waals surface area contributed by atoms with Gasteiger partial charge >= 0.3 is 11.9 Å². The van der Waals surface area contributed by atoms with Gasteiger partial charge in [-0.2, -0.15) is 0 Å². The molecule has 1 rings (SSSR count). The van der Waals surface area contributed by atoms with E-state index in [1.54, 1.807) is 0 Å². The Balaban J connectivity index is 2.22. The number of carbonyl (C=O) groups excluding carboxylic acids is 2. The fourth-order valence-corrected chi connectivity index (χ4v) is 5.14. The van der Waals surface area contributed by atoms with E-state index in [-0.39, 0.29) is 5.41 Å². The van der Waals surface area contributed by atoms with Crippen LogP contribution in [0.15, 0.2) is 83.1 Å². The Morgan fingerprint density at radius 2 is 1.51 bits per heavy atom. The van der Waals surface area contributed by atoms with Crippen LogP contribution in [0.5, 0.6) is 0 Å². The molecule has 0 N–H and O–H groups in total. The van der Waals surface area contributed by atoms with Gasteiger partial charge in [0, 0.05) is 12.5 Å². The van der Waals surface area contributed by atoms with Gasteiger partial charge in [0.2, 0.25) is 0 Å². The molecule has 1 aliphatic rings. The Morgan fingerprint density at radius 1 is 0.854 bits per heavy atom. The van der Waals surface area contributed by atoms with Gasteiger partial charge in [-0.05, 0) is 95.1 Å². The van der Waals surface area contributed by atoms with Crippen LogP contribution in [0.2, 0.25) is 0 Å². The first kappa shape index (κ1) is 36.3. The molecule has 0 radical (unpaired) electrons. The molecule has 0 aromatic carbocycles. The Labute approximate surface area is 252 Å². The van der Waals surface area contributed by atoms with Crippen LogP contribution < -0.4 is 0 Å². The summed E-state index contributed by atoms with van der Waals surface area (Å²) in [5.41, 5.74) is 5.06. The molecule has 0 fully saturated rings. The van der Waals surface area contributed by atoms with Crippen molar-refractivity contribution < 1.29 is 14.3 Å². The van der Waals surface area contributed by atoms with E-state index < -0.39 is 11.9 Å². The number of rotatable bonds is 19. The molecular formula is C38H58O3. The molecule has 1 aliphatic carbocycles. The van der Waals surface area contributed by atoms with Gasteiger partial charge in [0.25, 0.3) is 0 Å². The molecule has 0 aromatic rings. The second-order valence-corrected chi connectivity index (χ2v) is 12.2. The van der Waals surface area contributed by atoms with Gasteiger partial charge in [-0.15, -0.1) is 0 Å². The molecular weight excluding hydrogens is 504 g/mol. The quantitative estimate of drug-likeness (QED) is 0.0393. The summed E-state index contributed by atoms with van der Waals surface area (Å²) in [6, 6.07) is 0. The highest BCUT2D eigenvalue weighted by atomic mass is 16.6. The molecule has 0 saturated carbocycles. The van der Waals surface area contributed by atoms with Crippen molar-refractivity contribution in [2.24, 2.45) is 5.41 Å². The minimum Gasteiger partial charge on any atom is -0.390 e. The average Bonchev–Trinajstić information content (AvgIpc) is 2.90. The van der Waals surface area contributed by atoms with Crippen molar-refractivity contribution in [1.29, 1.82) is 0 Å². The Morgan fingerprint density at radius 3 is 2.20 bits per heavy atom. The summed E-state index contributed by atoms with van der Waals surface area (Å²) in [5.74, 6) is -1.04. The predicted octanol–water partition coefficient (Wildman–Crippen LogP) is 11.4. The topological polar surface area (TPSA) is 43.4 Å². The van der Waals surface area contributed by atoms with E-state index in [1.165, 1.54) is 75.0 Å². The summed E-state index contributed by atoms with van der Waals surface area (Å²) in [6.07, 6.45) is 37.1. The standard InChI is InChI=1S/C38H58O3/c1-7-8-9-10-11-12-13-14-15-16-17-18-19-20-21-27-36(39)41-37(40)31-33(3)25-22-24-32(2)28-29-35-34(4)26-23-30-38(35,5)6/h11-12,14-15,22,24-25,28-29,31H,7-10,13,16-21,23,26-27,30H2,1-6H3. The first-order valence-corrected chi connectivity index (χ1v) is 16.1. The van der Waals surface area contributed by atoms with Crippen LogP contribution in [0.1, 0.15) is 138 Å². The molecule has 0 aromatic heterocycles. The lowest BCUT2D eigenvalue weighted by atomic mass is 9.72. The van der Waals surface area contributed by atoms with E-state index >= 15 is 0 Å². The smallest absolute Gasteiger partial charge is 0.338 e.